The van der Waals surface area contributed by atoms with Crippen LogP contribution in [0.2, 0.25) is 0 Å². The monoisotopic (exact) mass is 317 g/mol. The number of aliphatic hydroxyl groups excluding tert-OH is 1. The second-order valence-corrected chi connectivity index (χ2v) is 7.01. The molecule has 0 saturated heterocycles. The molecule has 7 nitrogen and oxygen atoms in total. The number of H-pyrrole nitrogens is 1. The maximum absolute atomic E-state index is 12.2. The van der Waals surface area contributed by atoms with Crippen LogP contribution in [0.3, 0.4) is 0 Å². The van der Waals surface area contributed by atoms with Crippen LogP contribution in [0.5, 0.6) is 0 Å². The number of nitrogens with zero attached hydrogens (tertiary/aromatic N) is 1. The van der Waals surface area contributed by atoms with Gasteiger partial charge in [0.2, 0.25) is 10.0 Å². The molecular formula is C13H23N3O4S. The zero-order chi connectivity index (χ0) is 15.3. The maximum Gasteiger partial charge on any atom is 0.244 e. The number of nitrogens with one attached hydrogen (secondary N) is 2. The Bertz CT molecular complexity index is 550. The lowest BCUT2D eigenvalue weighted by Gasteiger charge is -2.22. The Morgan fingerprint density at radius 2 is 2.10 bits per heavy atom. The number of aromatic nitrogens is 2. The molecule has 3 N–H and O–H groups in total. The second-order valence-electron chi connectivity index (χ2n) is 5.31. The van der Waals surface area contributed by atoms with E-state index in [2.05, 4.69) is 14.9 Å². The molecular weight excluding hydrogens is 294 g/mol. The molecule has 21 heavy (non-hydrogen) atoms. The van der Waals surface area contributed by atoms with Crippen LogP contribution in [0.4, 0.5) is 0 Å². The number of aromatic amines is 1. The van der Waals surface area contributed by atoms with Crippen molar-refractivity contribution in [2.75, 3.05) is 13.2 Å². The summed E-state index contributed by atoms with van der Waals surface area (Å²) in [6.07, 6.45) is 6.00. The SMILES string of the molecule is Cc1[nH]nc(CO)c1S(=O)(=O)NCCOC1CCCCC1. The first-order valence-electron chi connectivity index (χ1n) is 7.30. The highest BCUT2D eigenvalue weighted by Crippen LogP contribution is 2.20. The van der Waals surface area contributed by atoms with E-state index < -0.39 is 16.6 Å². The molecule has 8 heteroatoms. The van der Waals surface area contributed by atoms with Gasteiger partial charge < -0.3 is 9.84 Å². The molecule has 0 aromatic carbocycles. The summed E-state index contributed by atoms with van der Waals surface area (Å²) in [6, 6.07) is 0. The lowest BCUT2D eigenvalue weighted by atomic mass is 9.98. The fraction of sp³-hybridized carbons (Fsp3) is 0.769. The summed E-state index contributed by atoms with van der Waals surface area (Å²) >= 11 is 0. The zero-order valence-corrected chi connectivity index (χ0v) is 13.1. The van der Waals surface area contributed by atoms with E-state index >= 15 is 0 Å². The summed E-state index contributed by atoms with van der Waals surface area (Å²) in [5, 5.41) is 15.5. The van der Waals surface area contributed by atoms with Crippen molar-refractivity contribution in [2.24, 2.45) is 0 Å². The van der Waals surface area contributed by atoms with E-state index in [1.807, 2.05) is 0 Å². The van der Waals surface area contributed by atoms with Gasteiger partial charge in [-0.1, -0.05) is 19.3 Å². The molecule has 1 aliphatic rings. The molecule has 0 unspecified atom stereocenters. The van der Waals surface area contributed by atoms with E-state index in [0.29, 0.717) is 12.3 Å². The third kappa shape index (κ3) is 4.26. The Morgan fingerprint density at radius 1 is 1.38 bits per heavy atom. The van der Waals surface area contributed by atoms with E-state index in [0.717, 1.165) is 12.8 Å². The van der Waals surface area contributed by atoms with Gasteiger partial charge in [0.05, 0.1) is 25.0 Å². The quantitative estimate of drug-likeness (QED) is 0.646. The van der Waals surface area contributed by atoms with Crippen LogP contribution in [0, 0.1) is 6.92 Å². The van der Waals surface area contributed by atoms with Crippen molar-refractivity contribution in [3.8, 4) is 0 Å². The van der Waals surface area contributed by atoms with Gasteiger partial charge in [0.15, 0.2) is 0 Å². The fourth-order valence-corrected chi connectivity index (χ4v) is 4.00. The Labute approximate surface area is 125 Å². The minimum atomic E-state index is -3.68. The average molecular weight is 317 g/mol. The van der Waals surface area contributed by atoms with E-state index in [1.165, 1.54) is 19.3 Å². The predicted octanol–water partition coefficient (Wildman–Crippen LogP) is 0.838. The first kappa shape index (κ1) is 16.4. The van der Waals surface area contributed by atoms with Crippen LogP contribution < -0.4 is 4.72 Å². The van der Waals surface area contributed by atoms with Crippen molar-refractivity contribution >= 4 is 10.0 Å². The normalized spacial score (nSPS) is 17.2. The third-order valence-electron chi connectivity index (χ3n) is 3.68. The Morgan fingerprint density at radius 3 is 2.76 bits per heavy atom. The first-order valence-corrected chi connectivity index (χ1v) is 8.79. The van der Waals surface area contributed by atoms with Gasteiger partial charge in [-0.05, 0) is 19.8 Å². The molecule has 0 spiro atoms. The Hall–Kier alpha value is -0.960. The molecule has 1 aromatic rings. The van der Waals surface area contributed by atoms with Gasteiger partial charge in [-0.15, -0.1) is 0 Å². The molecule has 1 fully saturated rings. The molecule has 120 valence electrons. The molecule has 0 bridgehead atoms. The highest BCUT2D eigenvalue weighted by atomic mass is 32.2. The van der Waals surface area contributed by atoms with Gasteiger partial charge in [0.1, 0.15) is 10.6 Å². The van der Waals surface area contributed by atoms with E-state index in [9.17, 15) is 8.42 Å². The number of hydrogen-bond donors (Lipinski definition) is 3. The van der Waals surface area contributed by atoms with Crippen LogP contribution in [-0.2, 0) is 21.4 Å². The summed E-state index contributed by atoms with van der Waals surface area (Å²) in [4.78, 5) is 0.0302. The van der Waals surface area contributed by atoms with Gasteiger partial charge in [-0.2, -0.15) is 5.10 Å². The Kier molecular flexibility index (Phi) is 5.74. The van der Waals surface area contributed by atoms with Crippen molar-refractivity contribution in [1.82, 2.24) is 14.9 Å². The van der Waals surface area contributed by atoms with Crippen molar-refractivity contribution in [3.63, 3.8) is 0 Å². The van der Waals surface area contributed by atoms with Crippen molar-refractivity contribution in [2.45, 2.75) is 56.6 Å². The number of rotatable bonds is 7. The van der Waals surface area contributed by atoms with E-state index in [-0.39, 0.29) is 23.2 Å². The maximum atomic E-state index is 12.2. The Balaban J connectivity index is 1.85. The molecule has 1 aromatic heterocycles. The number of aryl methyl sites for hydroxylation is 1. The summed E-state index contributed by atoms with van der Waals surface area (Å²) in [5.74, 6) is 0. The van der Waals surface area contributed by atoms with Gasteiger partial charge in [-0.3, -0.25) is 5.10 Å². The molecule has 1 aliphatic carbocycles. The number of sulfonamides is 1. The minimum absolute atomic E-state index is 0.0302. The number of aliphatic hydroxyl groups is 1. The highest BCUT2D eigenvalue weighted by molar-refractivity contribution is 7.89. The van der Waals surface area contributed by atoms with E-state index in [4.69, 9.17) is 9.84 Å². The topological polar surface area (TPSA) is 104 Å². The van der Waals surface area contributed by atoms with Crippen LogP contribution in [0.15, 0.2) is 4.90 Å². The van der Waals surface area contributed by atoms with Gasteiger partial charge in [0.25, 0.3) is 0 Å². The largest absolute Gasteiger partial charge is 0.390 e. The predicted molar refractivity (Wildman–Crippen MR) is 77.3 cm³/mol. The third-order valence-corrected chi connectivity index (χ3v) is 5.34. The molecule has 0 atom stereocenters. The van der Waals surface area contributed by atoms with E-state index in [1.54, 1.807) is 6.92 Å². The van der Waals surface area contributed by atoms with Crippen LogP contribution in [-0.4, -0.2) is 43.0 Å². The van der Waals surface area contributed by atoms with Gasteiger partial charge in [0, 0.05) is 6.54 Å². The van der Waals surface area contributed by atoms with Crippen molar-refractivity contribution in [3.05, 3.63) is 11.4 Å². The van der Waals surface area contributed by atoms with Crippen molar-refractivity contribution in [1.29, 1.82) is 0 Å². The van der Waals surface area contributed by atoms with Crippen LogP contribution >= 0.6 is 0 Å². The van der Waals surface area contributed by atoms with Crippen molar-refractivity contribution < 1.29 is 18.3 Å². The molecule has 0 radical (unpaired) electrons. The average Bonchev–Trinajstić information content (AvgIpc) is 2.86. The lowest BCUT2D eigenvalue weighted by Crippen LogP contribution is -2.30. The second kappa shape index (κ2) is 7.35. The minimum Gasteiger partial charge on any atom is -0.390 e. The van der Waals surface area contributed by atoms with Gasteiger partial charge >= 0.3 is 0 Å². The smallest absolute Gasteiger partial charge is 0.244 e. The summed E-state index contributed by atoms with van der Waals surface area (Å²) in [5.41, 5.74) is 0.549. The number of hydrogen-bond acceptors (Lipinski definition) is 5. The van der Waals surface area contributed by atoms with Crippen LogP contribution in [0.25, 0.3) is 0 Å². The molecule has 1 saturated carbocycles. The lowest BCUT2D eigenvalue weighted by molar-refractivity contribution is 0.0321. The first-order chi connectivity index (χ1) is 10.0. The summed E-state index contributed by atoms with van der Waals surface area (Å²) in [6.45, 7) is 1.77. The summed E-state index contributed by atoms with van der Waals surface area (Å²) < 4.78 is 32.6. The zero-order valence-electron chi connectivity index (χ0n) is 12.3. The van der Waals surface area contributed by atoms with Crippen LogP contribution in [0.1, 0.15) is 43.5 Å². The highest BCUT2D eigenvalue weighted by Gasteiger charge is 2.23. The molecule has 2 rings (SSSR count). The number of ether oxygens (including phenoxy) is 1. The summed E-state index contributed by atoms with van der Waals surface area (Å²) in [7, 11) is -3.68. The molecule has 0 amide bonds. The molecule has 1 heterocycles. The van der Waals surface area contributed by atoms with Gasteiger partial charge in [-0.25, -0.2) is 13.1 Å². The fourth-order valence-electron chi connectivity index (χ4n) is 2.64. The molecule has 0 aliphatic heterocycles. The standard InChI is InChI=1S/C13H23N3O4S/c1-10-13(12(9-17)16-15-10)21(18,19)14-7-8-20-11-5-3-2-4-6-11/h11,14,17H,2-9H2,1H3,(H,15,16).